The first-order valence-corrected chi connectivity index (χ1v) is 14.2. The monoisotopic (exact) mass is 562 g/mol. The van der Waals surface area contributed by atoms with Gasteiger partial charge in [0.25, 0.3) is 5.91 Å². The molecule has 0 atom stereocenters. The van der Waals surface area contributed by atoms with E-state index in [2.05, 4.69) is 12.2 Å². The van der Waals surface area contributed by atoms with E-state index in [4.69, 9.17) is 4.74 Å². The van der Waals surface area contributed by atoms with E-state index >= 15 is 0 Å². The third-order valence-electron chi connectivity index (χ3n) is 6.57. The molecule has 0 aliphatic carbocycles. The van der Waals surface area contributed by atoms with Crippen LogP contribution in [0.4, 0.5) is 18.9 Å². The number of carbonyl (C=O) groups is 3. The lowest BCUT2D eigenvalue weighted by Crippen LogP contribution is -2.37. The average molecular weight is 563 g/mol. The van der Waals surface area contributed by atoms with E-state index in [1.54, 1.807) is 19.1 Å². The summed E-state index contributed by atoms with van der Waals surface area (Å²) in [5, 5.41) is 2.90. The topological polar surface area (TPSA) is 75.7 Å². The third kappa shape index (κ3) is 11.4. The predicted molar refractivity (Wildman–Crippen MR) is 150 cm³/mol. The molecule has 2 aromatic rings. The van der Waals surface area contributed by atoms with E-state index in [0.717, 1.165) is 36.3 Å². The van der Waals surface area contributed by atoms with Crippen molar-refractivity contribution in [2.75, 3.05) is 18.1 Å². The van der Waals surface area contributed by atoms with Gasteiger partial charge in [0.05, 0.1) is 18.7 Å². The number of amides is 2. The summed E-state index contributed by atoms with van der Waals surface area (Å²) in [4.78, 5) is 38.6. The van der Waals surface area contributed by atoms with E-state index in [1.807, 2.05) is 0 Å². The number of esters is 1. The number of alkyl halides is 3. The Labute approximate surface area is 235 Å². The Hall–Kier alpha value is -3.36. The molecule has 6 nitrogen and oxygen atoms in total. The van der Waals surface area contributed by atoms with Gasteiger partial charge < -0.3 is 10.1 Å². The van der Waals surface area contributed by atoms with Crippen molar-refractivity contribution in [3.8, 4) is 0 Å². The first-order chi connectivity index (χ1) is 19.2. The van der Waals surface area contributed by atoms with E-state index in [1.165, 1.54) is 69.2 Å². The lowest BCUT2D eigenvalue weighted by molar-refractivity contribution is -0.153. The zero-order valence-electron chi connectivity index (χ0n) is 23.5. The first-order valence-electron chi connectivity index (χ1n) is 14.2. The molecule has 2 amide bonds. The van der Waals surface area contributed by atoms with Crippen LogP contribution in [-0.4, -0.2) is 30.9 Å². The van der Waals surface area contributed by atoms with Crippen LogP contribution in [-0.2, 0) is 27.0 Å². The molecular weight excluding hydrogens is 521 g/mol. The lowest BCUT2D eigenvalue weighted by Gasteiger charge is -2.22. The highest BCUT2D eigenvalue weighted by Crippen LogP contribution is 2.29. The summed E-state index contributed by atoms with van der Waals surface area (Å²) in [7, 11) is 0. The van der Waals surface area contributed by atoms with Crippen LogP contribution in [0.2, 0.25) is 0 Å². The van der Waals surface area contributed by atoms with Gasteiger partial charge in [-0.2, -0.15) is 13.2 Å². The Morgan fingerprint density at radius 2 is 1.32 bits per heavy atom. The first kappa shape index (κ1) is 32.8. The summed E-state index contributed by atoms with van der Waals surface area (Å²) in [6.45, 7) is 4.19. The standard InChI is InChI=1S/C31H41F3N2O4/c1-3-5-6-7-8-9-10-11-12-13-22-35-28(37)25-16-20-27(21-17-25)36(29(38)30(39)40-4-2)23-24-14-18-26(19-15-24)31(32,33)34/h14-21H,3-13,22-23H2,1-2H3,(H,35,37). The fourth-order valence-corrected chi connectivity index (χ4v) is 4.27. The Balaban J connectivity index is 1.92. The van der Waals surface area contributed by atoms with Crippen LogP contribution in [0.25, 0.3) is 0 Å². The largest absolute Gasteiger partial charge is 0.459 e. The Morgan fingerprint density at radius 1 is 0.775 bits per heavy atom. The van der Waals surface area contributed by atoms with Gasteiger partial charge in [-0.25, -0.2) is 4.79 Å². The molecular formula is C31H41F3N2O4. The number of hydrogen-bond acceptors (Lipinski definition) is 4. The van der Waals surface area contributed by atoms with Crippen LogP contribution < -0.4 is 10.2 Å². The molecule has 0 unspecified atom stereocenters. The molecule has 2 aromatic carbocycles. The number of benzene rings is 2. The van der Waals surface area contributed by atoms with Gasteiger partial charge in [-0.3, -0.25) is 14.5 Å². The van der Waals surface area contributed by atoms with Gasteiger partial charge in [-0.1, -0.05) is 76.8 Å². The van der Waals surface area contributed by atoms with Crippen LogP contribution in [0.3, 0.4) is 0 Å². The molecule has 40 heavy (non-hydrogen) atoms. The summed E-state index contributed by atoms with van der Waals surface area (Å²) in [5.74, 6) is -2.28. The summed E-state index contributed by atoms with van der Waals surface area (Å²) in [6.07, 6.45) is 7.60. The molecule has 0 saturated heterocycles. The fourth-order valence-electron chi connectivity index (χ4n) is 4.27. The number of rotatable bonds is 16. The van der Waals surface area contributed by atoms with Gasteiger partial charge in [0.1, 0.15) is 0 Å². The maximum Gasteiger partial charge on any atom is 0.416 e. The van der Waals surface area contributed by atoms with Crippen LogP contribution in [0.5, 0.6) is 0 Å². The van der Waals surface area contributed by atoms with Gasteiger partial charge in [0.2, 0.25) is 0 Å². The summed E-state index contributed by atoms with van der Waals surface area (Å²) in [5.41, 5.74) is 0.287. The molecule has 0 fully saturated rings. The Kier molecular flexibility index (Phi) is 14.3. The minimum atomic E-state index is -4.48. The van der Waals surface area contributed by atoms with E-state index in [-0.39, 0.29) is 19.1 Å². The molecule has 0 aromatic heterocycles. The van der Waals surface area contributed by atoms with Gasteiger partial charge in [-0.05, 0) is 55.3 Å². The highest BCUT2D eigenvalue weighted by atomic mass is 19.4. The van der Waals surface area contributed by atoms with Crippen LogP contribution >= 0.6 is 0 Å². The second-order valence-corrected chi connectivity index (χ2v) is 9.79. The average Bonchev–Trinajstić information content (AvgIpc) is 2.94. The maximum atomic E-state index is 12.9. The van der Waals surface area contributed by atoms with Crippen molar-refractivity contribution in [3.63, 3.8) is 0 Å². The van der Waals surface area contributed by atoms with Crippen LogP contribution in [0.1, 0.15) is 99.5 Å². The fraction of sp³-hybridized carbons (Fsp3) is 0.516. The highest BCUT2D eigenvalue weighted by molar-refractivity contribution is 6.38. The number of hydrogen-bond donors (Lipinski definition) is 1. The zero-order valence-corrected chi connectivity index (χ0v) is 23.5. The number of ether oxygens (including phenoxy) is 1. The van der Waals surface area contributed by atoms with Crippen molar-refractivity contribution in [1.82, 2.24) is 5.32 Å². The second kappa shape index (κ2) is 17.4. The molecule has 0 radical (unpaired) electrons. The van der Waals surface area contributed by atoms with Gasteiger partial charge in [-0.15, -0.1) is 0 Å². The summed E-state index contributed by atoms with van der Waals surface area (Å²) >= 11 is 0. The maximum absolute atomic E-state index is 12.9. The summed E-state index contributed by atoms with van der Waals surface area (Å²) in [6, 6.07) is 10.5. The van der Waals surface area contributed by atoms with E-state index < -0.39 is 23.6 Å². The van der Waals surface area contributed by atoms with Crippen molar-refractivity contribution in [1.29, 1.82) is 0 Å². The van der Waals surface area contributed by atoms with Crippen LogP contribution in [0.15, 0.2) is 48.5 Å². The Morgan fingerprint density at radius 3 is 1.85 bits per heavy atom. The molecule has 2 rings (SSSR count). The number of halogens is 3. The molecule has 1 N–H and O–H groups in total. The normalized spacial score (nSPS) is 11.2. The number of nitrogens with zero attached hydrogens (tertiary/aromatic N) is 1. The molecule has 0 aliphatic rings. The lowest BCUT2D eigenvalue weighted by atomic mass is 10.1. The van der Waals surface area contributed by atoms with E-state index in [0.29, 0.717) is 23.4 Å². The Bertz CT molecular complexity index is 1050. The third-order valence-corrected chi connectivity index (χ3v) is 6.57. The molecule has 0 heterocycles. The van der Waals surface area contributed by atoms with Crippen molar-refractivity contribution >= 4 is 23.5 Å². The number of unbranched alkanes of at least 4 members (excludes halogenated alkanes) is 9. The van der Waals surface area contributed by atoms with Gasteiger partial charge in [0.15, 0.2) is 0 Å². The van der Waals surface area contributed by atoms with Gasteiger partial charge >= 0.3 is 18.1 Å². The van der Waals surface area contributed by atoms with Crippen molar-refractivity contribution in [2.24, 2.45) is 0 Å². The minimum absolute atomic E-state index is 0.00313. The smallest absolute Gasteiger partial charge is 0.416 e. The second-order valence-electron chi connectivity index (χ2n) is 9.79. The molecule has 0 aliphatic heterocycles. The number of anilines is 1. The van der Waals surface area contributed by atoms with Crippen molar-refractivity contribution in [3.05, 3.63) is 65.2 Å². The SMILES string of the molecule is CCCCCCCCCCCCNC(=O)c1ccc(N(Cc2ccc(C(F)(F)F)cc2)C(=O)C(=O)OCC)cc1. The molecule has 0 saturated carbocycles. The molecule has 9 heteroatoms. The zero-order chi connectivity index (χ0) is 29.4. The van der Waals surface area contributed by atoms with Crippen molar-refractivity contribution in [2.45, 2.75) is 90.8 Å². The number of carbonyl (C=O) groups excluding carboxylic acids is 3. The van der Waals surface area contributed by atoms with Gasteiger partial charge in [0, 0.05) is 17.8 Å². The predicted octanol–water partition coefficient (Wildman–Crippen LogP) is 7.45. The van der Waals surface area contributed by atoms with E-state index in [9.17, 15) is 27.6 Å². The highest BCUT2D eigenvalue weighted by Gasteiger charge is 2.30. The minimum Gasteiger partial charge on any atom is -0.459 e. The van der Waals surface area contributed by atoms with Crippen LogP contribution in [0, 0.1) is 0 Å². The molecule has 0 spiro atoms. The molecule has 0 bridgehead atoms. The van der Waals surface area contributed by atoms with Crippen molar-refractivity contribution < 1.29 is 32.3 Å². The summed E-state index contributed by atoms with van der Waals surface area (Å²) < 4.78 is 43.6. The quantitative estimate of drug-likeness (QED) is 0.131. The molecule has 220 valence electrons. The number of nitrogens with one attached hydrogen (secondary N) is 1.